The van der Waals surface area contributed by atoms with Crippen molar-refractivity contribution in [3.63, 3.8) is 0 Å². The van der Waals surface area contributed by atoms with Crippen LogP contribution in [0.15, 0.2) is 22.7 Å². The Morgan fingerprint density at radius 2 is 2.04 bits per heavy atom. The van der Waals surface area contributed by atoms with Crippen LogP contribution >= 0.6 is 23.2 Å². The molecule has 122 valence electrons. The summed E-state index contributed by atoms with van der Waals surface area (Å²) in [6.07, 6.45) is 0.790. The van der Waals surface area contributed by atoms with Crippen molar-refractivity contribution in [3.05, 3.63) is 39.6 Å². The van der Waals surface area contributed by atoms with Crippen molar-refractivity contribution < 1.29 is 9.63 Å². The summed E-state index contributed by atoms with van der Waals surface area (Å²) in [6.45, 7) is 4.59. The Hall–Kier alpha value is -1.07. The molecule has 2 heterocycles. The fourth-order valence-electron chi connectivity index (χ4n) is 3.81. The zero-order chi connectivity index (χ0) is 16.1. The molecule has 2 aromatic rings. The van der Waals surface area contributed by atoms with E-state index in [0.717, 1.165) is 48.6 Å². The van der Waals surface area contributed by atoms with Gasteiger partial charge >= 0.3 is 0 Å². The lowest BCUT2D eigenvalue weighted by molar-refractivity contribution is -0.00435. The summed E-state index contributed by atoms with van der Waals surface area (Å²) in [5.41, 5.74) is 2.47. The van der Waals surface area contributed by atoms with Crippen LogP contribution in [0.4, 0.5) is 0 Å². The zero-order valence-corrected chi connectivity index (χ0v) is 14.3. The standard InChI is InChI=1S/C17H18Cl2N2O2/c1-9-11(7-21-6-10-5-15(22)12(10)8-21)17(20-23-9)16-13(18)3-2-4-14(16)19/h2-4,10,12,15,22H,5-8H2,1H3/t10-,12+,15+/m1/s1. The maximum Gasteiger partial charge on any atom is 0.138 e. The number of likely N-dealkylation sites (tertiary alicyclic amines) is 1. The molecule has 1 aromatic carbocycles. The van der Waals surface area contributed by atoms with Gasteiger partial charge in [0, 0.05) is 36.7 Å². The molecule has 23 heavy (non-hydrogen) atoms. The zero-order valence-electron chi connectivity index (χ0n) is 12.8. The van der Waals surface area contributed by atoms with Crippen LogP contribution in [-0.2, 0) is 6.54 Å². The Kier molecular flexibility index (Phi) is 3.88. The molecule has 3 atom stereocenters. The maximum atomic E-state index is 9.83. The van der Waals surface area contributed by atoms with Crippen molar-refractivity contribution in [2.75, 3.05) is 13.1 Å². The van der Waals surface area contributed by atoms with Gasteiger partial charge in [-0.25, -0.2) is 0 Å². The Morgan fingerprint density at radius 3 is 2.70 bits per heavy atom. The van der Waals surface area contributed by atoms with Gasteiger partial charge in [-0.3, -0.25) is 4.90 Å². The van der Waals surface area contributed by atoms with Crippen molar-refractivity contribution in [1.29, 1.82) is 0 Å². The van der Waals surface area contributed by atoms with E-state index in [1.165, 1.54) is 0 Å². The molecule has 4 nitrogen and oxygen atoms in total. The predicted octanol–water partition coefficient (Wildman–Crippen LogP) is 3.77. The number of nitrogens with zero attached hydrogens (tertiary/aromatic N) is 2. The summed E-state index contributed by atoms with van der Waals surface area (Å²) in [5.74, 6) is 1.83. The van der Waals surface area contributed by atoms with E-state index in [1.807, 2.05) is 25.1 Å². The van der Waals surface area contributed by atoms with E-state index in [2.05, 4.69) is 10.1 Å². The largest absolute Gasteiger partial charge is 0.393 e. The number of hydrogen-bond donors (Lipinski definition) is 1. The first-order valence-electron chi connectivity index (χ1n) is 7.84. The fraction of sp³-hybridized carbons (Fsp3) is 0.471. The molecule has 6 heteroatoms. The van der Waals surface area contributed by atoms with Gasteiger partial charge in [0.1, 0.15) is 11.5 Å². The van der Waals surface area contributed by atoms with Crippen LogP contribution in [0.3, 0.4) is 0 Å². The number of fused-ring (bicyclic) bond motifs is 1. The molecule has 1 N–H and O–H groups in total. The van der Waals surface area contributed by atoms with E-state index in [9.17, 15) is 5.11 Å². The van der Waals surface area contributed by atoms with Gasteiger partial charge in [0.25, 0.3) is 0 Å². The number of rotatable bonds is 3. The molecular formula is C17H18Cl2N2O2. The van der Waals surface area contributed by atoms with Gasteiger partial charge in [-0.05, 0) is 31.4 Å². The van der Waals surface area contributed by atoms with Gasteiger partial charge in [-0.1, -0.05) is 34.4 Å². The number of aliphatic hydroxyl groups is 1. The Balaban J connectivity index is 1.64. The van der Waals surface area contributed by atoms with Gasteiger partial charge in [0.05, 0.1) is 16.1 Å². The Labute approximate surface area is 145 Å². The van der Waals surface area contributed by atoms with Gasteiger partial charge in [-0.15, -0.1) is 0 Å². The highest BCUT2D eigenvalue weighted by molar-refractivity contribution is 6.39. The molecule has 1 saturated carbocycles. The van der Waals surface area contributed by atoms with Gasteiger partial charge in [0.2, 0.25) is 0 Å². The van der Waals surface area contributed by atoms with Gasteiger partial charge < -0.3 is 9.63 Å². The third kappa shape index (κ3) is 2.58. The van der Waals surface area contributed by atoms with Crippen molar-refractivity contribution in [2.45, 2.75) is 26.0 Å². The van der Waals surface area contributed by atoms with E-state index < -0.39 is 0 Å². The molecule has 0 radical (unpaired) electrons. The minimum absolute atomic E-state index is 0.133. The molecule has 2 aliphatic rings. The third-order valence-corrected chi connectivity index (χ3v) is 5.80. The Morgan fingerprint density at radius 1 is 1.30 bits per heavy atom. The van der Waals surface area contributed by atoms with Crippen molar-refractivity contribution in [2.24, 2.45) is 11.8 Å². The molecule has 0 spiro atoms. The summed E-state index contributed by atoms with van der Waals surface area (Å²) in [6, 6.07) is 5.44. The molecule has 1 aliphatic carbocycles. The first-order chi connectivity index (χ1) is 11.0. The van der Waals surface area contributed by atoms with Crippen LogP contribution in [0.1, 0.15) is 17.7 Å². The predicted molar refractivity (Wildman–Crippen MR) is 89.6 cm³/mol. The minimum Gasteiger partial charge on any atom is -0.393 e. The van der Waals surface area contributed by atoms with Crippen LogP contribution < -0.4 is 0 Å². The SMILES string of the molecule is Cc1onc(-c2c(Cl)cccc2Cl)c1CN1C[C@H]2C[C@H](O)[C@H]2C1. The summed E-state index contributed by atoms with van der Waals surface area (Å²) < 4.78 is 5.42. The molecule has 1 aliphatic heterocycles. The van der Waals surface area contributed by atoms with E-state index in [4.69, 9.17) is 27.7 Å². The molecule has 0 bridgehead atoms. The lowest BCUT2D eigenvalue weighted by Gasteiger charge is -2.35. The number of halogens is 2. The highest BCUT2D eigenvalue weighted by Crippen LogP contribution is 2.42. The van der Waals surface area contributed by atoms with E-state index >= 15 is 0 Å². The normalized spacial score (nSPS) is 27.0. The second-order valence-corrected chi connectivity index (χ2v) is 7.40. The molecular weight excluding hydrogens is 335 g/mol. The first kappa shape index (κ1) is 15.5. The second-order valence-electron chi connectivity index (χ2n) is 6.58. The molecule has 0 unspecified atom stereocenters. The molecule has 1 saturated heterocycles. The maximum absolute atomic E-state index is 9.83. The average molecular weight is 353 g/mol. The summed E-state index contributed by atoms with van der Waals surface area (Å²) in [5, 5.41) is 15.2. The second kappa shape index (κ2) is 5.78. The van der Waals surface area contributed by atoms with Crippen LogP contribution in [0.25, 0.3) is 11.3 Å². The molecule has 1 aromatic heterocycles. The number of aliphatic hydroxyl groups excluding tert-OH is 1. The van der Waals surface area contributed by atoms with Gasteiger partial charge in [0.15, 0.2) is 0 Å². The average Bonchev–Trinajstić information content (AvgIpc) is 3.02. The van der Waals surface area contributed by atoms with Crippen LogP contribution in [-0.4, -0.2) is 34.4 Å². The number of aromatic nitrogens is 1. The van der Waals surface area contributed by atoms with E-state index in [-0.39, 0.29) is 6.10 Å². The first-order valence-corrected chi connectivity index (χ1v) is 8.60. The quantitative estimate of drug-likeness (QED) is 0.913. The van der Waals surface area contributed by atoms with Crippen molar-refractivity contribution >= 4 is 23.2 Å². The topological polar surface area (TPSA) is 49.5 Å². The van der Waals surface area contributed by atoms with Crippen molar-refractivity contribution in [1.82, 2.24) is 10.1 Å². The van der Waals surface area contributed by atoms with Gasteiger partial charge in [-0.2, -0.15) is 0 Å². The number of hydrogen-bond acceptors (Lipinski definition) is 4. The third-order valence-electron chi connectivity index (χ3n) is 5.17. The number of aryl methyl sites for hydroxylation is 1. The molecule has 4 rings (SSSR count). The van der Waals surface area contributed by atoms with Crippen LogP contribution in [0, 0.1) is 18.8 Å². The number of benzene rings is 1. The summed E-state index contributed by atoms with van der Waals surface area (Å²) in [4.78, 5) is 2.36. The lowest BCUT2D eigenvalue weighted by atomic mass is 9.74. The summed E-state index contributed by atoms with van der Waals surface area (Å²) in [7, 11) is 0. The Bertz CT molecular complexity index is 726. The van der Waals surface area contributed by atoms with E-state index in [0.29, 0.717) is 21.9 Å². The molecule has 2 fully saturated rings. The highest BCUT2D eigenvalue weighted by Gasteiger charge is 2.46. The monoisotopic (exact) mass is 352 g/mol. The van der Waals surface area contributed by atoms with Crippen LogP contribution in [0.2, 0.25) is 10.0 Å². The van der Waals surface area contributed by atoms with Crippen molar-refractivity contribution in [3.8, 4) is 11.3 Å². The van der Waals surface area contributed by atoms with Crippen LogP contribution in [0.5, 0.6) is 0 Å². The summed E-state index contributed by atoms with van der Waals surface area (Å²) >= 11 is 12.6. The fourth-order valence-corrected chi connectivity index (χ4v) is 4.39. The van der Waals surface area contributed by atoms with E-state index in [1.54, 1.807) is 0 Å². The minimum atomic E-state index is -0.133. The smallest absolute Gasteiger partial charge is 0.138 e. The highest BCUT2D eigenvalue weighted by atomic mass is 35.5. The molecule has 0 amide bonds. The lowest BCUT2D eigenvalue weighted by Crippen LogP contribution is -2.39.